The predicted octanol–water partition coefficient (Wildman–Crippen LogP) is 7.23. The van der Waals surface area contributed by atoms with Crippen molar-refractivity contribution < 1.29 is 15.0 Å². The zero-order valence-corrected chi connectivity index (χ0v) is 22.3. The van der Waals surface area contributed by atoms with E-state index in [0.29, 0.717) is 29.1 Å². The summed E-state index contributed by atoms with van der Waals surface area (Å²) in [6, 6.07) is 0. The summed E-state index contributed by atoms with van der Waals surface area (Å²) in [5, 5.41) is 21.1. The minimum absolute atomic E-state index is 0.0308. The van der Waals surface area contributed by atoms with E-state index >= 15 is 0 Å². The number of rotatable bonds is 1. The highest BCUT2D eigenvalue weighted by Crippen LogP contribution is 2.75. The smallest absolute Gasteiger partial charge is 0.312 e. The highest BCUT2D eigenvalue weighted by Gasteiger charge is 2.69. The molecule has 0 aromatic heterocycles. The van der Waals surface area contributed by atoms with E-state index in [-0.39, 0.29) is 22.2 Å². The molecule has 0 heterocycles. The Labute approximate surface area is 201 Å². The van der Waals surface area contributed by atoms with Gasteiger partial charge in [0.05, 0.1) is 11.5 Å². The van der Waals surface area contributed by atoms with Gasteiger partial charge in [-0.15, -0.1) is 0 Å². The molecule has 5 aliphatic carbocycles. The monoisotopic (exact) mass is 456 g/mol. The number of aliphatic hydroxyl groups is 1. The Bertz CT molecular complexity index is 889. The van der Waals surface area contributed by atoms with Crippen LogP contribution in [0.2, 0.25) is 0 Å². The van der Waals surface area contributed by atoms with Crippen LogP contribution in [-0.2, 0) is 4.79 Å². The van der Waals surface area contributed by atoms with Crippen molar-refractivity contribution in [2.75, 3.05) is 0 Å². The standard InChI is InChI=1S/C30H48O3/c1-25(2)14-15-26(3)16-17-28(5)19(20(26)18-25)8-9-21-27(4)12-11-23(31)30(7,24(32)33)22(27)10-13-29(21,28)6/h8,20-23,31H,9-18H2,1-7H3,(H,32,33)/t20-,21-,22?,23?,26-,27-,28-,29-,30?/m1/s1. The molecule has 0 bridgehead atoms. The van der Waals surface area contributed by atoms with Crippen LogP contribution in [0.25, 0.3) is 0 Å². The van der Waals surface area contributed by atoms with Crippen molar-refractivity contribution in [2.45, 2.75) is 119 Å². The van der Waals surface area contributed by atoms with Gasteiger partial charge in [0.2, 0.25) is 0 Å². The number of fused-ring (bicyclic) bond motifs is 7. The van der Waals surface area contributed by atoms with Gasteiger partial charge in [-0.2, -0.15) is 0 Å². The van der Waals surface area contributed by atoms with Crippen LogP contribution in [0.1, 0.15) is 113 Å². The summed E-state index contributed by atoms with van der Waals surface area (Å²) in [5.74, 6) is 0.432. The molecular formula is C30H48O3. The molecule has 5 rings (SSSR count). The summed E-state index contributed by atoms with van der Waals surface area (Å²) in [6.45, 7) is 16.9. The fourth-order valence-corrected chi connectivity index (χ4v) is 10.5. The van der Waals surface area contributed by atoms with E-state index in [9.17, 15) is 15.0 Å². The molecule has 3 nitrogen and oxygen atoms in total. The summed E-state index contributed by atoms with van der Waals surface area (Å²) >= 11 is 0. The SMILES string of the molecule is CC1(C)CC[C@]2(C)CC[C@]3(C)C(=CC[C@@H]4[C@@]5(C)CCC(O)C(C)(C(=O)O)C5CC[C@]43C)[C@H]2C1. The minimum Gasteiger partial charge on any atom is -0.481 e. The van der Waals surface area contributed by atoms with Crippen LogP contribution >= 0.6 is 0 Å². The van der Waals surface area contributed by atoms with Crippen molar-refractivity contribution >= 4 is 5.97 Å². The van der Waals surface area contributed by atoms with Crippen molar-refractivity contribution in [1.82, 2.24) is 0 Å². The third-order valence-corrected chi connectivity index (χ3v) is 13.2. The van der Waals surface area contributed by atoms with Crippen molar-refractivity contribution in [2.24, 2.45) is 50.2 Å². The van der Waals surface area contributed by atoms with Crippen molar-refractivity contribution in [3.63, 3.8) is 0 Å². The van der Waals surface area contributed by atoms with Crippen molar-refractivity contribution in [3.8, 4) is 0 Å². The molecule has 4 fully saturated rings. The molecule has 2 N–H and O–H groups in total. The van der Waals surface area contributed by atoms with E-state index in [2.05, 4.69) is 47.6 Å². The second kappa shape index (κ2) is 6.89. The van der Waals surface area contributed by atoms with Gasteiger partial charge in [-0.05, 0) is 116 Å². The Morgan fingerprint density at radius 3 is 2.21 bits per heavy atom. The van der Waals surface area contributed by atoms with E-state index in [1.54, 1.807) is 5.57 Å². The van der Waals surface area contributed by atoms with Crippen LogP contribution in [0.5, 0.6) is 0 Å². The maximum atomic E-state index is 12.5. The van der Waals surface area contributed by atoms with Gasteiger partial charge in [-0.25, -0.2) is 0 Å². The van der Waals surface area contributed by atoms with Gasteiger partial charge in [-0.3, -0.25) is 4.79 Å². The Kier molecular flexibility index (Phi) is 4.99. The Morgan fingerprint density at radius 1 is 0.879 bits per heavy atom. The third-order valence-electron chi connectivity index (χ3n) is 13.2. The van der Waals surface area contributed by atoms with E-state index in [4.69, 9.17) is 0 Å². The summed E-state index contributed by atoms with van der Waals surface area (Å²) in [6.07, 6.45) is 13.2. The van der Waals surface area contributed by atoms with Gasteiger partial charge in [0.25, 0.3) is 0 Å². The Hall–Kier alpha value is -0.830. The average molecular weight is 457 g/mol. The number of aliphatic carboxylic acids is 1. The number of carbonyl (C=O) groups is 1. The Morgan fingerprint density at radius 2 is 1.55 bits per heavy atom. The molecular weight excluding hydrogens is 408 g/mol. The van der Waals surface area contributed by atoms with Crippen molar-refractivity contribution in [3.05, 3.63) is 11.6 Å². The van der Waals surface area contributed by atoms with E-state index < -0.39 is 17.5 Å². The molecule has 3 heteroatoms. The van der Waals surface area contributed by atoms with Crippen molar-refractivity contribution in [1.29, 1.82) is 0 Å². The van der Waals surface area contributed by atoms with E-state index in [1.807, 2.05) is 6.92 Å². The lowest BCUT2D eigenvalue weighted by Crippen LogP contribution is -2.66. The van der Waals surface area contributed by atoms with Crippen LogP contribution < -0.4 is 0 Å². The van der Waals surface area contributed by atoms with Gasteiger partial charge in [0, 0.05) is 0 Å². The quantitative estimate of drug-likeness (QED) is 0.409. The molecule has 4 saturated carbocycles. The summed E-state index contributed by atoms with van der Waals surface area (Å²) in [5.41, 5.74) is 1.98. The van der Waals surface area contributed by atoms with Gasteiger partial charge < -0.3 is 10.2 Å². The number of carboxylic acid groups (broad SMARTS) is 1. The first-order chi connectivity index (χ1) is 15.1. The summed E-state index contributed by atoms with van der Waals surface area (Å²) < 4.78 is 0. The topological polar surface area (TPSA) is 57.5 Å². The van der Waals surface area contributed by atoms with Crippen LogP contribution in [-0.4, -0.2) is 22.3 Å². The maximum Gasteiger partial charge on any atom is 0.312 e. The zero-order chi connectivity index (χ0) is 24.2. The average Bonchev–Trinajstić information content (AvgIpc) is 2.72. The van der Waals surface area contributed by atoms with E-state index in [1.165, 1.54) is 32.1 Å². The van der Waals surface area contributed by atoms with Gasteiger partial charge >= 0.3 is 5.97 Å². The molecule has 5 aliphatic rings. The minimum atomic E-state index is -1.03. The molecule has 0 aliphatic heterocycles. The molecule has 0 radical (unpaired) electrons. The molecule has 186 valence electrons. The maximum absolute atomic E-state index is 12.5. The fourth-order valence-electron chi connectivity index (χ4n) is 10.5. The number of allylic oxidation sites excluding steroid dienone is 2. The number of hydrogen-bond donors (Lipinski definition) is 2. The summed E-state index contributed by atoms with van der Waals surface area (Å²) in [4.78, 5) is 12.5. The second-order valence-electron chi connectivity index (χ2n) is 15.0. The number of hydrogen-bond acceptors (Lipinski definition) is 2. The molecule has 33 heavy (non-hydrogen) atoms. The largest absolute Gasteiger partial charge is 0.481 e. The lowest BCUT2D eigenvalue weighted by atomic mass is 9.33. The van der Waals surface area contributed by atoms with Crippen LogP contribution in [0.3, 0.4) is 0 Å². The molecule has 0 aromatic carbocycles. The van der Waals surface area contributed by atoms with Crippen LogP contribution in [0, 0.1) is 50.2 Å². The third kappa shape index (κ3) is 2.87. The Balaban J connectivity index is 1.58. The second-order valence-corrected chi connectivity index (χ2v) is 15.0. The molecule has 9 atom stereocenters. The molecule has 0 spiro atoms. The van der Waals surface area contributed by atoms with E-state index in [0.717, 1.165) is 25.7 Å². The van der Waals surface area contributed by atoms with Crippen LogP contribution in [0.15, 0.2) is 11.6 Å². The number of aliphatic hydroxyl groups excluding tert-OH is 1. The van der Waals surface area contributed by atoms with Crippen LogP contribution in [0.4, 0.5) is 0 Å². The predicted molar refractivity (Wildman–Crippen MR) is 133 cm³/mol. The fraction of sp³-hybridized carbons (Fsp3) is 0.900. The zero-order valence-electron chi connectivity index (χ0n) is 22.3. The first-order valence-corrected chi connectivity index (χ1v) is 13.8. The van der Waals surface area contributed by atoms with Gasteiger partial charge in [0.15, 0.2) is 0 Å². The normalized spacial score (nSPS) is 55.3. The lowest BCUT2D eigenvalue weighted by Gasteiger charge is -2.71. The first-order valence-electron chi connectivity index (χ1n) is 13.8. The highest BCUT2D eigenvalue weighted by atomic mass is 16.4. The van der Waals surface area contributed by atoms with Gasteiger partial charge in [0.1, 0.15) is 0 Å². The lowest BCUT2D eigenvalue weighted by molar-refractivity contribution is -0.216. The summed E-state index contributed by atoms with van der Waals surface area (Å²) in [7, 11) is 0. The van der Waals surface area contributed by atoms with Gasteiger partial charge in [-0.1, -0.05) is 53.2 Å². The highest BCUT2D eigenvalue weighted by molar-refractivity contribution is 5.76. The molecule has 0 saturated heterocycles. The molecule has 3 unspecified atom stereocenters. The molecule has 0 aromatic rings. The number of carboxylic acids is 1. The molecule has 0 amide bonds. The first kappa shape index (κ1) is 23.9.